The number of aliphatic carboxylic acids is 1. The summed E-state index contributed by atoms with van der Waals surface area (Å²) in [5.41, 5.74) is 8.83. The summed E-state index contributed by atoms with van der Waals surface area (Å²) in [6.45, 7) is 8.08. The molecule has 0 amide bonds. The van der Waals surface area contributed by atoms with Crippen LogP contribution in [-0.2, 0) is 50.3 Å². The Morgan fingerprint density at radius 1 is 0.768 bits per heavy atom. The highest BCUT2D eigenvalue weighted by atomic mass is 32.2. The number of carbonyl (C=O) groups excluding carboxylic acids is 2. The number of allylic oxidation sites excluding steroid dienone is 7. The molecule has 0 saturated carbocycles. The molecule has 1 aromatic rings. The Labute approximate surface area is 420 Å². The quantitative estimate of drug-likeness (QED) is 0.0120. The van der Waals surface area contributed by atoms with Gasteiger partial charge in [0.25, 0.3) is 0 Å². The van der Waals surface area contributed by atoms with Crippen LogP contribution < -0.4 is 5.73 Å². The molecule has 69 heavy (non-hydrogen) atoms. The van der Waals surface area contributed by atoms with Gasteiger partial charge in [-0.3, -0.25) is 23.4 Å². The first kappa shape index (κ1) is 64.0. The topological polar surface area (TPSA) is 205 Å². The predicted molar refractivity (Wildman–Crippen MR) is 279 cm³/mol. The number of furan rings is 1. The largest absolute Gasteiger partial charge is 0.481 e. The van der Waals surface area contributed by atoms with Gasteiger partial charge in [-0.15, -0.1) is 11.8 Å². The van der Waals surface area contributed by atoms with Gasteiger partial charge in [0.1, 0.15) is 37.3 Å². The van der Waals surface area contributed by atoms with Gasteiger partial charge in [-0.05, 0) is 76.3 Å². The monoisotopic (exact) mass is 1010 g/mol. The van der Waals surface area contributed by atoms with E-state index in [1.54, 1.807) is 12.2 Å². The second kappa shape index (κ2) is 38.6. The fourth-order valence-corrected chi connectivity index (χ4v) is 8.97. The summed E-state index contributed by atoms with van der Waals surface area (Å²) in [5.74, 6) is 0.0194. The highest BCUT2D eigenvalue weighted by Gasteiger charge is 2.28. The molecule has 0 spiro atoms. The van der Waals surface area contributed by atoms with Crippen molar-refractivity contribution in [1.29, 1.82) is 0 Å². The van der Waals surface area contributed by atoms with Crippen molar-refractivity contribution in [2.45, 2.75) is 192 Å². The lowest BCUT2D eigenvalue weighted by Crippen LogP contribution is -2.39. The van der Waals surface area contributed by atoms with E-state index in [1.165, 1.54) is 61.4 Å². The first-order chi connectivity index (χ1) is 32.9. The molecule has 0 fully saturated rings. The number of rotatable bonds is 43. The fourth-order valence-electron chi connectivity index (χ4n) is 7.10. The third-order valence-corrected chi connectivity index (χ3v) is 14.0. The number of esters is 2. The van der Waals surface area contributed by atoms with Gasteiger partial charge in [-0.1, -0.05) is 127 Å². The molecule has 0 aliphatic carbocycles. The van der Waals surface area contributed by atoms with Gasteiger partial charge in [0, 0.05) is 36.7 Å². The van der Waals surface area contributed by atoms with Crippen LogP contribution in [0.1, 0.15) is 165 Å². The van der Waals surface area contributed by atoms with Gasteiger partial charge in [0.2, 0.25) is 0 Å². The van der Waals surface area contributed by atoms with Crippen molar-refractivity contribution < 1.29 is 61.5 Å². The average molecular weight is 1010 g/mol. The molecule has 0 aromatic carbocycles. The van der Waals surface area contributed by atoms with E-state index < -0.39 is 62.4 Å². The number of quaternary nitrogens is 1. The first-order valence-corrected chi connectivity index (χ1v) is 28.2. The Morgan fingerprint density at radius 3 is 2.01 bits per heavy atom. The number of phosphoric acid groups is 1. The van der Waals surface area contributed by atoms with Crippen molar-refractivity contribution in [3.63, 3.8) is 0 Å². The number of hydrogen-bond donors (Lipinski definition) is 4. The number of aryl methyl sites for hydroxylation is 2. The molecule has 0 aliphatic heterocycles. The minimum Gasteiger partial charge on any atom is -0.481 e. The number of ether oxygens (including phenoxy) is 2. The summed E-state index contributed by atoms with van der Waals surface area (Å²) in [4.78, 5) is 47.5. The third kappa shape index (κ3) is 34.1. The Bertz CT molecular complexity index is 1720. The second-order valence-electron chi connectivity index (χ2n) is 19.0. The van der Waals surface area contributed by atoms with Crippen LogP contribution in [0.5, 0.6) is 0 Å². The predicted octanol–water partition coefficient (Wildman–Crippen LogP) is 11.2. The summed E-state index contributed by atoms with van der Waals surface area (Å²) in [6.07, 6.45) is 33.1. The molecule has 396 valence electrons. The minimum atomic E-state index is -4.53. The van der Waals surface area contributed by atoms with Crippen LogP contribution in [0.25, 0.3) is 0 Å². The molecular weight excluding hydrogens is 920 g/mol. The number of carbonyl (C=O) groups is 3. The van der Waals surface area contributed by atoms with E-state index in [1.807, 2.05) is 45.4 Å². The molecule has 14 nitrogen and oxygen atoms in total. The number of hydrogen-bond acceptors (Lipinski definition) is 12. The number of aliphatic hydroxyl groups excluding tert-OH is 1. The van der Waals surface area contributed by atoms with Crippen LogP contribution in [0.4, 0.5) is 0 Å². The van der Waals surface area contributed by atoms with Crippen molar-refractivity contribution in [3.05, 3.63) is 71.3 Å². The maximum atomic E-state index is 13.1. The number of nitrogens with zero attached hydrogens (tertiary/aromatic N) is 1. The van der Waals surface area contributed by atoms with Crippen molar-refractivity contribution in [3.8, 4) is 0 Å². The van der Waals surface area contributed by atoms with E-state index in [0.717, 1.165) is 82.1 Å². The maximum absolute atomic E-state index is 13.1. The Morgan fingerprint density at radius 2 is 1.38 bits per heavy atom. The van der Waals surface area contributed by atoms with E-state index in [-0.39, 0.29) is 38.0 Å². The Hall–Kier alpha value is -3.01. The van der Waals surface area contributed by atoms with E-state index in [4.69, 9.17) is 33.8 Å². The molecule has 1 aromatic heterocycles. The number of aliphatic hydroxyl groups is 1. The van der Waals surface area contributed by atoms with Crippen molar-refractivity contribution in [2.75, 3.05) is 53.3 Å². The summed E-state index contributed by atoms with van der Waals surface area (Å²) >= 11 is 1.23. The SMILES string of the molecule is CCCCC/C=C\C\C=C/C=C/C=C/[C@@H](SC[C@H](N)C(=O)OC[C@H](COP(=O)(O)OCC[N+](C)(C)C)OC(=O)CCCCCCCCCCc1oc(CCCCC)c(C)c1C)[C@@H](O)CCCC(=O)O. The summed E-state index contributed by atoms with van der Waals surface area (Å²) < 4.78 is 40.8. The molecule has 0 saturated heterocycles. The van der Waals surface area contributed by atoms with E-state index >= 15 is 0 Å². The first-order valence-electron chi connectivity index (χ1n) is 25.7. The van der Waals surface area contributed by atoms with Gasteiger partial charge in [-0.25, -0.2) is 4.57 Å². The Balaban J connectivity index is 2.72. The zero-order valence-electron chi connectivity index (χ0n) is 43.4. The number of unbranched alkanes of at least 4 members (excludes halogenated alkanes) is 12. The molecule has 1 rings (SSSR count). The summed E-state index contributed by atoms with van der Waals surface area (Å²) in [7, 11) is 1.19. The second-order valence-corrected chi connectivity index (χ2v) is 21.7. The van der Waals surface area contributed by atoms with Crippen LogP contribution in [0.15, 0.2) is 53.0 Å². The van der Waals surface area contributed by atoms with E-state index in [2.05, 4.69) is 39.8 Å². The third-order valence-electron chi connectivity index (χ3n) is 11.6. The Kier molecular flexibility index (Phi) is 35.8. The number of thioether (sulfide) groups is 1. The zero-order chi connectivity index (χ0) is 51.3. The fraction of sp³-hybridized carbons (Fsp3) is 0.717. The van der Waals surface area contributed by atoms with Crippen LogP contribution in [0.2, 0.25) is 0 Å². The van der Waals surface area contributed by atoms with Gasteiger partial charge < -0.3 is 39.2 Å². The van der Waals surface area contributed by atoms with Crippen molar-refractivity contribution in [1.82, 2.24) is 0 Å². The van der Waals surface area contributed by atoms with Gasteiger partial charge >= 0.3 is 25.7 Å². The van der Waals surface area contributed by atoms with Crippen LogP contribution in [0.3, 0.4) is 0 Å². The zero-order valence-corrected chi connectivity index (χ0v) is 45.1. The molecule has 16 heteroatoms. The van der Waals surface area contributed by atoms with Gasteiger partial charge in [0.05, 0.1) is 33.9 Å². The maximum Gasteiger partial charge on any atom is 0.472 e. The molecule has 1 heterocycles. The molecule has 0 bridgehead atoms. The lowest BCUT2D eigenvalue weighted by atomic mass is 10.0. The smallest absolute Gasteiger partial charge is 0.472 e. The molecular formula is C53H92N2O12PS+. The lowest BCUT2D eigenvalue weighted by molar-refractivity contribution is -0.870. The van der Waals surface area contributed by atoms with E-state index in [0.29, 0.717) is 17.4 Å². The standard InChI is InChI=1S/C53H91N2O12PS/c1-8-10-12-13-14-15-16-17-18-22-25-29-35-50(47(56)32-31-36-51(57)58)69-42-46(54)53(60)63-40-45(41-65-68(61,62)64-39-38-55(5,6)7)66-52(59)37-30-26-23-20-19-21-24-28-34-49-44(4)43(3)48(67-49)33-27-11-9-2/h14-15,17-18,22,25,29,35,45-47,50,56H,8-13,16,19-21,23-24,26-28,30-34,36-42,54H2,1-7H3,(H-,57,58,61,62)/p+1/b15-14-,18-17-,25-22+,35-29+/t45-,46+,47+,50-/m1/s1. The van der Waals surface area contributed by atoms with Crippen LogP contribution in [0, 0.1) is 13.8 Å². The highest BCUT2D eigenvalue weighted by molar-refractivity contribution is 8.00. The summed E-state index contributed by atoms with van der Waals surface area (Å²) in [6, 6.07) is -1.14. The molecule has 5 atom stereocenters. The summed E-state index contributed by atoms with van der Waals surface area (Å²) in [5, 5.41) is 19.5. The molecule has 0 aliphatic rings. The number of carboxylic acids is 1. The number of phosphoric ester groups is 1. The van der Waals surface area contributed by atoms with Gasteiger partial charge in [0.15, 0.2) is 6.10 Å². The highest BCUT2D eigenvalue weighted by Crippen LogP contribution is 2.43. The van der Waals surface area contributed by atoms with Gasteiger partial charge in [-0.2, -0.15) is 0 Å². The van der Waals surface area contributed by atoms with Crippen molar-refractivity contribution >= 4 is 37.5 Å². The molecule has 1 unspecified atom stereocenters. The minimum absolute atomic E-state index is 0.0509. The average Bonchev–Trinajstić information content (AvgIpc) is 3.56. The lowest BCUT2D eigenvalue weighted by Gasteiger charge is -2.24. The number of likely N-dealkylation sites (N-methyl/N-ethyl adjacent to an activating group) is 1. The normalized spacial score (nSPS) is 15.0. The van der Waals surface area contributed by atoms with Crippen LogP contribution in [-0.4, -0.2) is 114 Å². The number of carboxylic acid groups (broad SMARTS) is 1. The number of nitrogens with two attached hydrogens (primary N) is 1. The molecule has 5 N–H and O–H groups in total. The van der Waals surface area contributed by atoms with E-state index in [9.17, 15) is 28.9 Å². The molecule has 0 radical (unpaired) electrons. The van der Waals surface area contributed by atoms with Crippen molar-refractivity contribution in [2.24, 2.45) is 5.73 Å². The van der Waals surface area contributed by atoms with Crippen LogP contribution >= 0.6 is 19.6 Å².